The van der Waals surface area contributed by atoms with Gasteiger partial charge in [-0.2, -0.15) is 0 Å². The van der Waals surface area contributed by atoms with E-state index in [1.807, 2.05) is 61.5 Å². The lowest BCUT2D eigenvalue weighted by atomic mass is 10.2. The van der Waals surface area contributed by atoms with Crippen LogP contribution in [-0.2, 0) is 0 Å². The highest BCUT2D eigenvalue weighted by Crippen LogP contribution is 2.16. The van der Waals surface area contributed by atoms with Crippen molar-refractivity contribution < 1.29 is 4.74 Å². The van der Waals surface area contributed by atoms with Crippen molar-refractivity contribution in [3.63, 3.8) is 0 Å². The maximum Gasteiger partial charge on any atom is 0.121 e. The van der Waals surface area contributed by atoms with Crippen LogP contribution in [-0.4, -0.2) is 13.2 Å². The van der Waals surface area contributed by atoms with Crippen molar-refractivity contribution in [3.05, 3.63) is 60.2 Å². The lowest BCUT2D eigenvalue weighted by Crippen LogP contribution is -1.99. The Hall–Kier alpha value is -2.40. The largest absolute Gasteiger partial charge is 0.494 e. The number of nitrogens with one attached hydrogen (secondary N) is 1. The van der Waals surface area contributed by atoms with E-state index in [1.54, 1.807) is 0 Å². The zero-order chi connectivity index (χ0) is 13.3. The topological polar surface area (TPSA) is 21.3 Å². The zero-order valence-corrected chi connectivity index (χ0v) is 11.0. The average molecular weight is 251 g/mol. The summed E-state index contributed by atoms with van der Waals surface area (Å²) in [5.74, 6) is 7.09. The molecule has 0 aliphatic rings. The summed E-state index contributed by atoms with van der Waals surface area (Å²) in [6, 6.07) is 17.9. The van der Waals surface area contributed by atoms with Crippen molar-refractivity contribution in [2.75, 3.05) is 18.5 Å². The van der Waals surface area contributed by atoms with Crippen molar-refractivity contribution >= 4 is 5.69 Å². The third-order valence-electron chi connectivity index (χ3n) is 2.53. The van der Waals surface area contributed by atoms with Gasteiger partial charge >= 0.3 is 0 Å². The van der Waals surface area contributed by atoms with Gasteiger partial charge in [0.2, 0.25) is 0 Å². The van der Waals surface area contributed by atoms with Gasteiger partial charge in [0.1, 0.15) is 5.75 Å². The molecule has 0 atom stereocenters. The number of hydrogen-bond acceptors (Lipinski definition) is 2. The molecule has 2 aromatic rings. The molecule has 2 nitrogen and oxygen atoms in total. The van der Waals surface area contributed by atoms with Gasteiger partial charge in [0.25, 0.3) is 0 Å². The Morgan fingerprint density at radius 1 is 1.05 bits per heavy atom. The third kappa shape index (κ3) is 4.40. The average Bonchev–Trinajstić information content (AvgIpc) is 2.46. The number of rotatable bonds is 4. The molecule has 0 radical (unpaired) electrons. The van der Waals surface area contributed by atoms with E-state index in [-0.39, 0.29) is 0 Å². The minimum absolute atomic E-state index is 0.616. The fourth-order valence-corrected chi connectivity index (χ4v) is 1.68. The van der Waals surface area contributed by atoms with Crippen LogP contribution < -0.4 is 10.1 Å². The molecule has 0 amide bonds. The monoisotopic (exact) mass is 251 g/mol. The molecule has 19 heavy (non-hydrogen) atoms. The van der Waals surface area contributed by atoms with Crippen LogP contribution in [0.25, 0.3) is 0 Å². The summed E-state index contributed by atoms with van der Waals surface area (Å²) < 4.78 is 5.45. The molecule has 0 bridgehead atoms. The third-order valence-corrected chi connectivity index (χ3v) is 2.53. The fourth-order valence-electron chi connectivity index (χ4n) is 1.68. The summed E-state index contributed by atoms with van der Waals surface area (Å²) >= 11 is 0. The Bertz CT molecular complexity index is 567. The highest BCUT2D eigenvalue weighted by Gasteiger charge is 1.94. The molecule has 0 spiro atoms. The van der Waals surface area contributed by atoms with E-state index in [9.17, 15) is 0 Å². The summed E-state index contributed by atoms with van der Waals surface area (Å²) in [5.41, 5.74) is 2.06. The summed E-state index contributed by atoms with van der Waals surface area (Å²) in [6.07, 6.45) is 0. The van der Waals surface area contributed by atoms with Gasteiger partial charge in [0.05, 0.1) is 13.2 Å². The van der Waals surface area contributed by atoms with Gasteiger partial charge in [-0.15, -0.1) is 0 Å². The van der Waals surface area contributed by atoms with Gasteiger partial charge in [-0.05, 0) is 31.2 Å². The van der Waals surface area contributed by atoms with Crippen LogP contribution in [0.2, 0.25) is 0 Å². The number of hydrogen-bond donors (Lipinski definition) is 1. The number of anilines is 1. The maximum atomic E-state index is 5.45. The van der Waals surface area contributed by atoms with Crippen LogP contribution in [0.15, 0.2) is 54.6 Å². The Labute approximate surface area is 114 Å². The molecule has 2 rings (SSSR count). The Morgan fingerprint density at radius 3 is 2.68 bits per heavy atom. The standard InChI is InChI=1S/C17H17NO/c1-2-19-17-12-6-11-16(14-17)18-13-7-10-15-8-4-3-5-9-15/h3-6,8-9,11-12,14,18H,2,13H2,1H3. The molecule has 0 aromatic heterocycles. The molecule has 2 heteroatoms. The first-order valence-corrected chi connectivity index (χ1v) is 6.39. The minimum Gasteiger partial charge on any atom is -0.494 e. The van der Waals surface area contributed by atoms with E-state index >= 15 is 0 Å². The van der Waals surface area contributed by atoms with Gasteiger partial charge in [0, 0.05) is 17.3 Å². The lowest BCUT2D eigenvalue weighted by Gasteiger charge is -2.06. The Kier molecular flexibility index (Phi) is 4.89. The van der Waals surface area contributed by atoms with E-state index in [2.05, 4.69) is 17.2 Å². The molecular formula is C17H17NO. The van der Waals surface area contributed by atoms with E-state index in [0.29, 0.717) is 13.2 Å². The molecule has 0 unspecified atom stereocenters. The van der Waals surface area contributed by atoms with Crippen LogP contribution >= 0.6 is 0 Å². The van der Waals surface area contributed by atoms with Crippen molar-refractivity contribution in [3.8, 4) is 17.6 Å². The van der Waals surface area contributed by atoms with Gasteiger partial charge in [-0.3, -0.25) is 0 Å². The zero-order valence-electron chi connectivity index (χ0n) is 11.0. The summed E-state index contributed by atoms with van der Waals surface area (Å²) in [7, 11) is 0. The molecule has 0 saturated heterocycles. The van der Waals surface area contributed by atoms with Gasteiger partial charge < -0.3 is 10.1 Å². The smallest absolute Gasteiger partial charge is 0.121 e. The van der Waals surface area contributed by atoms with Crippen molar-refractivity contribution in [2.24, 2.45) is 0 Å². The molecule has 0 saturated carbocycles. The second-order valence-corrected chi connectivity index (χ2v) is 3.98. The Morgan fingerprint density at radius 2 is 1.89 bits per heavy atom. The maximum absolute atomic E-state index is 5.45. The van der Waals surface area contributed by atoms with Crippen LogP contribution in [0.1, 0.15) is 12.5 Å². The predicted octanol–water partition coefficient (Wildman–Crippen LogP) is 3.55. The normalized spacial score (nSPS) is 9.32. The van der Waals surface area contributed by atoms with Crippen molar-refractivity contribution in [2.45, 2.75) is 6.92 Å². The second kappa shape index (κ2) is 7.13. The molecule has 2 aromatic carbocycles. The van der Waals surface area contributed by atoms with Crippen LogP contribution in [0, 0.1) is 11.8 Å². The molecule has 1 N–H and O–H groups in total. The summed E-state index contributed by atoms with van der Waals surface area (Å²) in [5, 5.41) is 3.26. The first kappa shape index (κ1) is 13.0. The van der Waals surface area contributed by atoms with E-state index < -0.39 is 0 Å². The SMILES string of the molecule is CCOc1cccc(NCC#Cc2ccccc2)c1. The van der Waals surface area contributed by atoms with Crippen LogP contribution in [0.4, 0.5) is 5.69 Å². The van der Waals surface area contributed by atoms with E-state index in [1.165, 1.54) is 0 Å². The first-order valence-electron chi connectivity index (χ1n) is 6.39. The first-order chi connectivity index (χ1) is 9.38. The highest BCUT2D eigenvalue weighted by molar-refractivity contribution is 5.49. The van der Waals surface area contributed by atoms with E-state index in [0.717, 1.165) is 17.0 Å². The van der Waals surface area contributed by atoms with Gasteiger partial charge in [-0.25, -0.2) is 0 Å². The number of ether oxygens (including phenoxy) is 1. The fraction of sp³-hybridized carbons (Fsp3) is 0.176. The quantitative estimate of drug-likeness (QED) is 0.839. The number of benzene rings is 2. The van der Waals surface area contributed by atoms with Gasteiger partial charge in [0.15, 0.2) is 0 Å². The molecule has 0 heterocycles. The minimum atomic E-state index is 0.616. The summed E-state index contributed by atoms with van der Waals surface area (Å²) in [6.45, 7) is 3.27. The van der Waals surface area contributed by atoms with Crippen LogP contribution in [0.5, 0.6) is 5.75 Å². The molecule has 0 aliphatic carbocycles. The van der Waals surface area contributed by atoms with Gasteiger partial charge in [-0.1, -0.05) is 36.1 Å². The van der Waals surface area contributed by atoms with Crippen molar-refractivity contribution in [1.82, 2.24) is 0 Å². The Balaban J connectivity index is 1.89. The molecule has 0 aliphatic heterocycles. The molecular weight excluding hydrogens is 234 g/mol. The van der Waals surface area contributed by atoms with Crippen LogP contribution in [0.3, 0.4) is 0 Å². The predicted molar refractivity (Wildman–Crippen MR) is 79.4 cm³/mol. The second-order valence-electron chi connectivity index (χ2n) is 3.98. The summed E-state index contributed by atoms with van der Waals surface area (Å²) in [4.78, 5) is 0. The molecule has 0 fully saturated rings. The molecule has 96 valence electrons. The van der Waals surface area contributed by atoms with Crippen molar-refractivity contribution in [1.29, 1.82) is 0 Å². The highest BCUT2D eigenvalue weighted by atomic mass is 16.5. The lowest BCUT2D eigenvalue weighted by molar-refractivity contribution is 0.340. The van der Waals surface area contributed by atoms with E-state index in [4.69, 9.17) is 4.74 Å².